The number of thiazole rings is 1. The van der Waals surface area contributed by atoms with Gasteiger partial charge in [0, 0.05) is 23.2 Å². The maximum atomic E-state index is 11.7. The maximum Gasteiger partial charge on any atom is 0.252 e. The molecule has 1 amide bonds. The first-order valence-electron chi connectivity index (χ1n) is 7.28. The minimum Gasteiger partial charge on any atom is -0.372 e. The molecule has 130 valence electrons. The van der Waals surface area contributed by atoms with Crippen molar-refractivity contribution in [1.82, 2.24) is 4.98 Å². The van der Waals surface area contributed by atoms with Gasteiger partial charge in [-0.3, -0.25) is 14.8 Å². The van der Waals surface area contributed by atoms with E-state index in [9.17, 15) is 13.2 Å². The zero-order valence-corrected chi connectivity index (χ0v) is 15.0. The van der Waals surface area contributed by atoms with Crippen molar-refractivity contribution in [2.24, 2.45) is 0 Å². The molecule has 0 bridgehead atoms. The molecule has 0 fully saturated rings. The second-order valence-corrected chi connectivity index (χ2v) is 7.70. The molecule has 0 unspecified atom stereocenters. The van der Waals surface area contributed by atoms with E-state index in [0.717, 1.165) is 18.2 Å². The van der Waals surface area contributed by atoms with E-state index in [1.54, 1.807) is 24.3 Å². The summed E-state index contributed by atoms with van der Waals surface area (Å²) in [6.07, 6.45) is 1.96. The molecule has 0 aliphatic rings. The molecule has 24 heavy (non-hydrogen) atoms. The number of carbonyl (C=O) groups excluding carboxylic acids is 1. The van der Waals surface area contributed by atoms with Gasteiger partial charge in [0.05, 0.1) is 11.9 Å². The highest BCUT2D eigenvalue weighted by Gasteiger charge is 2.09. The molecule has 1 heterocycles. The Bertz CT molecular complexity index is 785. The van der Waals surface area contributed by atoms with Crippen LogP contribution in [0.1, 0.15) is 13.3 Å². The van der Waals surface area contributed by atoms with Crippen molar-refractivity contribution < 1.29 is 17.9 Å². The number of nitrogens with zero attached hydrogens (tertiary/aromatic N) is 1. The van der Waals surface area contributed by atoms with Crippen LogP contribution in [-0.4, -0.2) is 38.8 Å². The first kappa shape index (κ1) is 18.4. The highest BCUT2D eigenvalue weighted by Crippen LogP contribution is 2.26. The zero-order valence-electron chi connectivity index (χ0n) is 13.4. The van der Waals surface area contributed by atoms with Gasteiger partial charge in [-0.05, 0) is 18.6 Å². The van der Waals surface area contributed by atoms with Gasteiger partial charge in [-0.1, -0.05) is 19.1 Å². The predicted molar refractivity (Wildman–Crippen MR) is 95.8 cm³/mol. The van der Waals surface area contributed by atoms with E-state index in [4.69, 9.17) is 4.74 Å². The number of hydrogen-bond donors (Lipinski definition) is 2. The number of anilines is 2. The van der Waals surface area contributed by atoms with Crippen LogP contribution in [0.4, 0.5) is 10.8 Å². The Kier molecular flexibility index (Phi) is 6.29. The van der Waals surface area contributed by atoms with Crippen LogP contribution in [-0.2, 0) is 19.6 Å². The molecule has 7 nitrogen and oxygen atoms in total. The predicted octanol–water partition coefficient (Wildman–Crippen LogP) is 2.55. The summed E-state index contributed by atoms with van der Waals surface area (Å²) in [5.41, 5.74) is 2.02. The Morgan fingerprint density at radius 2 is 2.00 bits per heavy atom. The van der Waals surface area contributed by atoms with Crippen LogP contribution >= 0.6 is 11.3 Å². The number of rotatable bonds is 8. The summed E-state index contributed by atoms with van der Waals surface area (Å²) < 4.78 is 29.9. The van der Waals surface area contributed by atoms with Gasteiger partial charge in [0.25, 0.3) is 5.91 Å². The number of sulfonamides is 1. The summed E-state index contributed by atoms with van der Waals surface area (Å²) in [6, 6.07) is 6.84. The maximum absolute atomic E-state index is 11.7. The molecule has 0 saturated heterocycles. The Balaban J connectivity index is 1.98. The van der Waals surface area contributed by atoms with Crippen molar-refractivity contribution in [3.8, 4) is 11.3 Å². The number of hydrogen-bond acceptors (Lipinski definition) is 6. The SMILES string of the molecule is CCCOCC(=O)Nc1nc(-c2ccc(NS(C)(=O)=O)cc2)cs1. The molecule has 9 heteroatoms. The zero-order chi connectivity index (χ0) is 17.6. The third-order valence-electron chi connectivity index (χ3n) is 2.82. The second kappa shape index (κ2) is 8.22. The van der Waals surface area contributed by atoms with Crippen LogP contribution < -0.4 is 10.0 Å². The van der Waals surface area contributed by atoms with Gasteiger partial charge in [-0.15, -0.1) is 11.3 Å². The van der Waals surface area contributed by atoms with E-state index >= 15 is 0 Å². The first-order valence-corrected chi connectivity index (χ1v) is 10.1. The van der Waals surface area contributed by atoms with E-state index in [1.807, 2.05) is 12.3 Å². The van der Waals surface area contributed by atoms with Gasteiger partial charge in [0.15, 0.2) is 5.13 Å². The molecule has 2 N–H and O–H groups in total. The Hall–Kier alpha value is -1.97. The second-order valence-electron chi connectivity index (χ2n) is 5.09. The lowest BCUT2D eigenvalue weighted by atomic mass is 10.1. The van der Waals surface area contributed by atoms with Crippen LogP contribution in [0.25, 0.3) is 11.3 Å². The van der Waals surface area contributed by atoms with Crippen molar-refractivity contribution in [3.05, 3.63) is 29.6 Å². The monoisotopic (exact) mass is 369 g/mol. The van der Waals surface area contributed by atoms with E-state index in [-0.39, 0.29) is 12.5 Å². The topological polar surface area (TPSA) is 97.4 Å². The Morgan fingerprint density at radius 3 is 2.62 bits per heavy atom. The lowest BCUT2D eigenvalue weighted by Crippen LogP contribution is -2.18. The molecule has 0 atom stereocenters. The van der Waals surface area contributed by atoms with Crippen LogP contribution in [0.15, 0.2) is 29.6 Å². The average molecular weight is 369 g/mol. The summed E-state index contributed by atoms with van der Waals surface area (Å²) in [4.78, 5) is 16.0. The fraction of sp³-hybridized carbons (Fsp3) is 0.333. The fourth-order valence-corrected chi connectivity index (χ4v) is 3.15. The first-order chi connectivity index (χ1) is 11.4. The summed E-state index contributed by atoms with van der Waals surface area (Å²) in [5.74, 6) is -0.239. The normalized spacial score (nSPS) is 11.2. The molecule has 0 aliphatic carbocycles. The van der Waals surface area contributed by atoms with Crippen molar-refractivity contribution in [3.63, 3.8) is 0 Å². The molecule has 0 spiro atoms. The van der Waals surface area contributed by atoms with Gasteiger partial charge < -0.3 is 4.74 Å². The minimum absolute atomic E-state index is 0.00854. The molecule has 2 rings (SSSR count). The largest absolute Gasteiger partial charge is 0.372 e. The molecule has 0 radical (unpaired) electrons. The van der Waals surface area contributed by atoms with Crippen LogP contribution in [0.2, 0.25) is 0 Å². The van der Waals surface area contributed by atoms with Gasteiger partial charge >= 0.3 is 0 Å². The van der Waals surface area contributed by atoms with Crippen molar-refractivity contribution in [2.45, 2.75) is 13.3 Å². The quantitative estimate of drug-likeness (QED) is 0.697. The number of carbonyl (C=O) groups is 1. The molecule has 0 saturated carbocycles. The third kappa shape index (κ3) is 5.91. The number of amides is 1. The molecule has 1 aromatic carbocycles. The summed E-state index contributed by atoms with van der Waals surface area (Å²) in [7, 11) is -3.30. The van der Waals surface area contributed by atoms with Gasteiger partial charge in [-0.25, -0.2) is 13.4 Å². The van der Waals surface area contributed by atoms with Crippen molar-refractivity contribution >= 4 is 38.1 Å². The van der Waals surface area contributed by atoms with E-state index in [2.05, 4.69) is 15.0 Å². The average Bonchev–Trinajstić information content (AvgIpc) is 2.95. The van der Waals surface area contributed by atoms with Crippen LogP contribution in [0.5, 0.6) is 0 Å². The molecular formula is C15H19N3O4S2. The lowest BCUT2D eigenvalue weighted by Gasteiger charge is -2.04. The standard InChI is InChI=1S/C15H19N3O4S2/c1-3-8-22-9-14(19)17-15-16-13(10-23-15)11-4-6-12(7-5-11)18-24(2,20)21/h4-7,10,18H,3,8-9H2,1-2H3,(H,16,17,19). The third-order valence-corrected chi connectivity index (χ3v) is 4.18. The van der Waals surface area contributed by atoms with Gasteiger partial charge in [-0.2, -0.15) is 0 Å². The summed E-state index contributed by atoms with van der Waals surface area (Å²) in [6.45, 7) is 2.53. The van der Waals surface area contributed by atoms with E-state index in [1.165, 1.54) is 11.3 Å². The lowest BCUT2D eigenvalue weighted by molar-refractivity contribution is -0.120. The molecular weight excluding hydrogens is 350 g/mol. The summed E-state index contributed by atoms with van der Waals surface area (Å²) >= 11 is 1.32. The van der Waals surface area contributed by atoms with Crippen molar-refractivity contribution in [1.29, 1.82) is 0 Å². The summed E-state index contributed by atoms with van der Waals surface area (Å²) in [5, 5.41) is 5.00. The van der Waals surface area contributed by atoms with Gasteiger partial charge in [0.2, 0.25) is 10.0 Å². The fourth-order valence-electron chi connectivity index (χ4n) is 1.85. The molecule has 2 aromatic rings. The Morgan fingerprint density at radius 1 is 1.29 bits per heavy atom. The highest BCUT2D eigenvalue weighted by atomic mass is 32.2. The van der Waals surface area contributed by atoms with Gasteiger partial charge in [0.1, 0.15) is 6.61 Å². The highest BCUT2D eigenvalue weighted by molar-refractivity contribution is 7.92. The molecule has 0 aliphatic heterocycles. The Labute approximate surface area is 145 Å². The minimum atomic E-state index is -3.30. The number of benzene rings is 1. The van der Waals surface area contributed by atoms with Crippen molar-refractivity contribution in [2.75, 3.05) is 29.5 Å². The number of aromatic nitrogens is 1. The van der Waals surface area contributed by atoms with E-state index < -0.39 is 10.0 Å². The number of nitrogens with one attached hydrogen (secondary N) is 2. The van der Waals surface area contributed by atoms with E-state index in [0.29, 0.717) is 23.1 Å². The van der Waals surface area contributed by atoms with Crippen LogP contribution in [0, 0.1) is 0 Å². The molecule has 1 aromatic heterocycles. The van der Waals surface area contributed by atoms with Crippen LogP contribution in [0.3, 0.4) is 0 Å². The number of ether oxygens (including phenoxy) is 1. The smallest absolute Gasteiger partial charge is 0.252 e.